The molecule has 1 aliphatic rings. The van der Waals surface area contributed by atoms with E-state index in [-0.39, 0.29) is 19.8 Å². The van der Waals surface area contributed by atoms with Crippen molar-refractivity contribution in [1.82, 2.24) is 0 Å². The fourth-order valence-electron chi connectivity index (χ4n) is 7.28. The van der Waals surface area contributed by atoms with Crippen LogP contribution in [0.15, 0.2) is 146 Å². The minimum absolute atomic E-state index is 0.0150. The first-order chi connectivity index (χ1) is 24.7. The van der Waals surface area contributed by atoms with Crippen molar-refractivity contribution in [2.24, 2.45) is 0 Å². The highest BCUT2D eigenvalue weighted by molar-refractivity contribution is 5.81. The van der Waals surface area contributed by atoms with E-state index >= 15 is 0 Å². The average molecular weight is 663 g/mol. The lowest BCUT2D eigenvalue weighted by molar-refractivity contribution is 0.0836. The average Bonchev–Trinajstić information content (AvgIpc) is 3.18. The fourth-order valence-corrected chi connectivity index (χ4v) is 7.28. The third-order valence-electron chi connectivity index (χ3n) is 9.54. The van der Waals surface area contributed by atoms with Crippen molar-refractivity contribution in [1.29, 1.82) is 0 Å². The first-order valence-corrected chi connectivity index (χ1v) is 17.4. The van der Waals surface area contributed by atoms with E-state index in [2.05, 4.69) is 121 Å². The van der Waals surface area contributed by atoms with E-state index in [0.29, 0.717) is 19.8 Å². The maximum atomic E-state index is 9.63. The van der Waals surface area contributed by atoms with Crippen LogP contribution >= 0.6 is 0 Å². The zero-order valence-electron chi connectivity index (χ0n) is 28.1. The number of aliphatic hydroxyl groups is 2. The van der Waals surface area contributed by atoms with Gasteiger partial charge in [-0.1, -0.05) is 121 Å². The second-order valence-corrected chi connectivity index (χ2v) is 12.5. The minimum Gasteiger partial charge on any atom is -0.493 e. The number of rotatable bonds is 14. The number of aliphatic hydroxyl groups excluding tert-OH is 2. The molecule has 0 bridgehead atoms. The van der Waals surface area contributed by atoms with Crippen LogP contribution in [0.25, 0.3) is 33.4 Å². The largest absolute Gasteiger partial charge is 0.493 e. The highest BCUT2D eigenvalue weighted by Gasteiger charge is 2.42. The van der Waals surface area contributed by atoms with E-state index in [1.165, 1.54) is 27.8 Å². The summed E-state index contributed by atoms with van der Waals surface area (Å²) in [6, 6.07) is 51.5. The number of fused-ring (bicyclic) bond motifs is 3. The number of ether oxygens (including phenoxy) is 3. The van der Waals surface area contributed by atoms with Gasteiger partial charge in [-0.25, -0.2) is 0 Å². The Morgan fingerprint density at radius 1 is 0.480 bits per heavy atom. The monoisotopic (exact) mass is 662 g/mol. The van der Waals surface area contributed by atoms with Gasteiger partial charge in [-0.05, 0) is 75.2 Å². The van der Waals surface area contributed by atoms with Gasteiger partial charge in [0.1, 0.15) is 18.1 Å². The van der Waals surface area contributed by atoms with Crippen LogP contribution in [-0.4, -0.2) is 49.9 Å². The standard InChI is InChI=1S/C45H42O5/c46-24-28-48-26-11-27-49-43-22-20-36(30-40(43)33-12-3-1-4-13-33)45(32-35-16-7-8-17-38(35)39-18-9-10-19-42(39)45)37-21-23-44(50-29-25-47)41(31-37)34-14-5-2-6-15-34/h1-10,12-23,30-31,46-47H,11,24-29,32H2. The van der Waals surface area contributed by atoms with E-state index in [1.54, 1.807) is 0 Å². The zero-order chi connectivity index (χ0) is 34.2. The Hall–Kier alpha value is -5.20. The van der Waals surface area contributed by atoms with Gasteiger partial charge in [-0.2, -0.15) is 0 Å². The summed E-state index contributed by atoms with van der Waals surface area (Å²) in [7, 11) is 0. The fraction of sp³-hybridized carbons (Fsp3) is 0.200. The predicted octanol–water partition coefficient (Wildman–Crippen LogP) is 8.73. The molecule has 2 N–H and O–H groups in total. The van der Waals surface area contributed by atoms with E-state index < -0.39 is 5.41 Å². The zero-order valence-corrected chi connectivity index (χ0v) is 28.1. The first kappa shape index (κ1) is 33.3. The van der Waals surface area contributed by atoms with Gasteiger partial charge < -0.3 is 24.4 Å². The Morgan fingerprint density at radius 3 is 1.64 bits per heavy atom. The summed E-state index contributed by atoms with van der Waals surface area (Å²) < 4.78 is 18.0. The van der Waals surface area contributed by atoms with Crippen molar-refractivity contribution < 1.29 is 24.4 Å². The van der Waals surface area contributed by atoms with Gasteiger partial charge in [0.15, 0.2) is 0 Å². The van der Waals surface area contributed by atoms with Gasteiger partial charge in [-0.3, -0.25) is 0 Å². The van der Waals surface area contributed by atoms with E-state index in [0.717, 1.165) is 52.2 Å². The molecule has 0 saturated heterocycles. The molecule has 7 rings (SSSR count). The van der Waals surface area contributed by atoms with Gasteiger partial charge in [0.25, 0.3) is 0 Å². The lowest BCUT2D eigenvalue weighted by Gasteiger charge is -2.42. The molecular formula is C45H42O5. The maximum Gasteiger partial charge on any atom is 0.127 e. The molecule has 6 aromatic rings. The quantitative estimate of drug-likeness (QED) is 0.114. The van der Waals surface area contributed by atoms with Gasteiger partial charge >= 0.3 is 0 Å². The SMILES string of the molecule is OCCOCCCOc1ccc(C2(c3ccc(OCCO)c(-c4ccccc4)c3)Cc3ccccc3-c3ccccc32)cc1-c1ccccc1. The molecule has 0 spiro atoms. The van der Waals surface area contributed by atoms with Crippen LogP contribution in [0.2, 0.25) is 0 Å². The second kappa shape index (κ2) is 15.6. The Balaban J connectivity index is 1.44. The van der Waals surface area contributed by atoms with Crippen LogP contribution in [0.3, 0.4) is 0 Å². The molecule has 1 aliphatic carbocycles. The van der Waals surface area contributed by atoms with Crippen molar-refractivity contribution in [2.45, 2.75) is 18.3 Å². The van der Waals surface area contributed by atoms with Crippen LogP contribution in [0.5, 0.6) is 11.5 Å². The predicted molar refractivity (Wildman–Crippen MR) is 200 cm³/mol. The van der Waals surface area contributed by atoms with Gasteiger partial charge in [0.2, 0.25) is 0 Å². The van der Waals surface area contributed by atoms with E-state index in [4.69, 9.17) is 19.3 Å². The molecule has 0 fully saturated rings. The number of hydrogen-bond donors (Lipinski definition) is 2. The van der Waals surface area contributed by atoms with Crippen molar-refractivity contribution in [3.05, 3.63) is 168 Å². The lowest BCUT2D eigenvalue weighted by Crippen LogP contribution is -2.35. The van der Waals surface area contributed by atoms with Crippen molar-refractivity contribution >= 4 is 0 Å². The molecule has 1 unspecified atom stereocenters. The molecule has 0 amide bonds. The minimum atomic E-state index is -0.551. The smallest absolute Gasteiger partial charge is 0.127 e. The topological polar surface area (TPSA) is 68.2 Å². The Labute approximate surface area is 294 Å². The van der Waals surface area contributed by atoms with Crippen molar-refractivity contribution in [2.75, 3.05) is 39.6 Å². The molecular weight excluding hydrogens is 620 g/mol. The number of benzene rings is 6. The molecule has 0 saturated carbocycles. The molecule has 252 valence electrons. The molecule has 6 aromatic carbocycles. The summed E-state index contributed by atoms with van der Waals surface area (Å²) in [5, 5.41) is 18.7. The molecule has 0 radical (unpaired) electrons. The van der Waals surface area contributed by atoms with Crippen LogP contribution in [0.1, 0.15) is 28.7 Å². The van der Waals surface area contributed by atoms with Crippen LogP contribution in [0.4, 0.5) is 0 Å². The summed E-state index contributed by atoms with van der Waals surface area (Å²) in [6.07, 6.45) is 1.49. The van der Waals surface area contributed by atoms with Gasteiger partial charge in [0, 0.05) is 29.6 Å². The third-order valence-corrected chi connectivity index (χ3v) is 9.54. The molecule has 0 aliphatic heterocycles. The normalized spacial score (nSPS) is 14.8. The molecule has 1 atom stereocenters. The second-order valence-electron chi connectivity index (χ2n) is 12.5. The maximum absolute atomic E-state index is 9.63. The summed E-state index contributed by atoms with van der Waals surface area (Å²) in [5.41, 5.74) is 10.9. The van der Waals surface area contributed by atoms with Gasteiger partial charge in [0.05, 0.1) is 26.4 Å². The Kier molecular flexibility index (Phi) is 10.4. The molecule has 50 heavy (non-hydrogen) atoms. The summed E-state index contributed by atoms with van der Waals surface area (Å²) in [4.78, 5) is 0. The Bertz CT molecular complexity index is 2020. The lowest BCUT2D eigenvalue weighted by atomic mass is 9.60. The highest BCUT2D eigenvalue weighted by Crippen LogP contribution is 2.53. The molecule has 0 heterocycles. The van der Waals surface area contributed by atoms with Crippen LogP contribution < -0.4 is 9.47 Å². The molecule has 0 aromatic heterocycles. The first-order valence-electron chi connectivity index (χ1n) is 17.4. The van der Waals surface area contributed by atoms with Crippen LogP contribution in [0, 0.1) is 0 Å². The molecule has 5 nitrogen and oxygen atoms in total. The van der Waals surface area contributed by atoms with Gasteiger partial charge in [-0.15, -0.1) is 0 Å². The Morgan fingerprint density at radius 2 is 1.02 bits per heavy atom. The third kappa shape index (κ3) is 6.68. The molecule has 5 heteroatoms. The summed E-state index contributed by atoms with van der Waals surface area (Å²) in [6.45, 7) is 1.53. The summed E-state index contributed by atoms with van der Waals surface area (Å²) in [5.74, 6) is 1.56. The summed E-state index contributed by atoms with van der Waals surface area (Å²) >= 11 is 0. The number of hydrogen-bond acceptors (Lipinski definition) is 5. The highest BCUT2D eigenvalue weighted by atomic mass is 16.5. The van der Waals surface area contributed by atoms with Crippen LogP contribution in [-0.2, 0) is 16.6 Å². The van der Waals surface area contributed by atoms with E-state index in [1.807, 2.05) is 24.3 Å². The van der Waals surface area contributed by atoms with E-state index in [9.17, 15) is 5.11 Å². The van der Waals surface area contributed by atoms with Crippen molar-refractivity contribution in [3.8, 4) is 44.9 Å². The van der Waals surface area contributed by atoms with Crippen molar-refractivity contribution in [3.63, 3.8) is 0 Å².